The van der Waals surface area contributed by atoms with Gasteiger partial charge >= 0.3 is 0 Å². The molecule has 8 heteroatoms. The molecule has 180 valence electrons. The summed E-state index contributed by atoms with van der Waals surface area (Å²) in [6, 6.07) is 21.7. The minimum absolute atomic E-state index is 0.0167. The van der Waals surface area contributed by atoms with E-state index in [0.717, 1.165) is 18.4 Å². The smallest absolute Gasteiger partial charge is 0.269 e. The van der Waals surface area contributed by atoms with E-state index in [1.54, 1.807) is 24.3 Å². The highest BCUT2D eigenvalue weighted by molar-refractivity contribution is 6.05. The van der Waals surface area contributed by atoms with Gasteiger partial charge in [0.1, 0.15) is 11.4 Å². The van der Waals surface area contributed by atoms with Crippen molar-refractivity contribution in [2.24, 2.45) is 0 Å². The molecule has 3 aromatic carbocycles. The zero-order chi connectivity index (χ0) is 25.0. The molecule has 0 saturated carbocycles. The van der Waals surface area contributed by atoms with Crippen LogP contribution in [0.3, 0.4) is 0 Å². The van der Waals surface area contributed by atoms with Gasteiger partial charge in [-0.1, -0.05) is 43.7 Å². The molecular formula is C27H27N3O5. The predicted molar refractivity (Wildman–Crippen MR) is 134 cm³/mol. The fraction of sp³-hybridized carbons (Fsp3) is 0.185. The van der Waals surface area contributed by atoms with Crippen LogP contribution in [0.15, 0.2) is 84.6 Å². The fourth-order valence-corrected chi connectivity index (χ4v) is 3.12. The molecular weight excluding hydrogens is 446 g/mol. The Morgan fingerprint density at radius 1 is 0.971 bits per heavy atom. The number of benzene rings is 3. The molecule has 0 heterocycles. The number of hydrogen-bond donors (Lipinski definition) is 2. The molecule has 2 N–H and O–H groups in total. The highest BCUT2D eigenvalue weighted by atomic mass is 16.6. The lowest BCUT2D eigenvalue weighted by molar-refractivity contribution is -0.384. The highest BCUT2D eigenvalue weighted by Crippen LogP contribution is 2.16. The van der Waals surface area contributed by atoms with Crippen LogP contribution in [0.25, 0.3) is 6.08 Å². The molecule has 3 aromatic rings. The number of carbonyl (C=O) groups excluding carboxylic acids is 2. The molecule has 35 heavy (non-hydrogen) atoms. The first-order valence-electron chi connectivity index (χ1n) is 11.3. The van der Waals surface area contributed by atoms with Gasteiger partial charge in [-0.15, -0.1) is 0 Å². The van der Waals surface area contributed by atoms with Crippen LogP contribution in [-0.4, -0.2) is 23.3 Å². The first kappa shape index (κ1) is 25.2. The molecule has 0 aliphatic carbocycles. The summed E-state index contributed by atoms with van der Waals surface area (Å²) in [5.74, 6) is -0.287. The Labute approximate surface area is 203 Å². The average molecular weight is 474 g/mol. The molecule has 0 spiro atoms. The van der Waals surface area contributed by atoms with E-state index in [9.17, 15) is 19.7 Å². The van der Waals surface area contributed by atoms with Gasteiger partial charge in [0.15, 0.2) is 0 Å². The maximum absolute atomic E-state index is 12.9. The van der Waals surface area contributed by atoms with Gasteiger partial charge in [-0.2, -0.15) is 0 Å². The van der Waals surface area contributed by atoms with Crippen LogP contribution in [0.4, 0.5) is 5.69 Å². The number of rotatable bonds is 11. The van der Waals surface area contributed by atoms with E-state index in [1.807, 2.05) is 30.3 Å². The van der Waals surface area contributed by atoms with E-state index < -0.39 is 16.7 Å². The molecule has 0 fully saturated rings. The monoisotopic (exact) mass is 473 g/mol. The molecule has 3 rings (SSSR count). The van der Waals surface area contributed by atoms with Crippen molar-refractivity contribution < 1.29 is 19.2 Å². The third-order valence-corrected chi connectivity index (χ3v) is 5.09. The van der Waals surface area contributed by atoms with Crippen molar-refractivity contribution in [3.8, 4) is 5.75 Å². The van der Waals surface area contributed by atoms with Gasteiger partial charge in [-0.25, -0.2) is 0 Å². The van der Waals surface area contributed by atoms with Gasteiger partial charge in [0, 0.05) is 24.2 Å². The molecule has 0 aromatic heterocycles. The zero-order valence-corrected chi connectivity index (χ0v) is 19.4. The second-order valence-electron chi connectivity index (χ2n) is 7.76. The van der Waals surface area contributed by atoms with Crippen LogP contribution in [0.5, 0.6) is 5.75 Å². The number of nitro benzene ring substituents is 1. The standard InChI is InChI=1S/C27H27N3O5/c1-2-3-17-35-24-15-11-22(12-16-24)26(31)29-25(18-20-9-13-23(14-10-20)30(33)34)27(32)28-19-21-7-5-4-6-8-21/h4-16,18H,2-3,17,19H2,1H3,(H,28,32)(H,29,31). The first-order chi connectivity index (χ1) is 17.0. The molecule has 0 saturated heterocycles. The number of nitro groups is 1. The maximum atomic E-state index is 12.9. The van der Waals surface area contributed by atoms with Gasteiger partial charge in [0.2, 0.25) is 0 Å². The lowest BCUT2D eigenvalue weighted by Crippen LogP contribution is -2.34. The fourth-order valence-electron chi connectivity index (χ4n) is 3.12. The van der Waals surface area contributed by atoms with E-state index in [1.165, 1.54) is 30.3 Å². The minimum Gasteiger partial charge on any atom is -0.494 e. The van der Waals surface area contributed by atoms with Gasteiger partial charge in [-0.3, -0.25) is 19.7 Å². The Morgan fingerprint density at radius 3 is 2.29 bits per heavy atom. The van der Waals surface area contributed by atoms with Crippen molar-refractivity contribution in [2.75, 3.05) is 6.61 Å². The van der Waals surface area contributed by atoms with Crippen LogP contribution in [0.2, 0.25) is 0 Å². The third kappa shape index (κ3) is 7.82. The second-order valence-corrected chi connectivity index (χ2v) is 7.76. The van der Waals surface area contributed by atoms with E-state index in [0.29, 0.717) is 23.5 Å². The normalized spacial score (nSPS) is 10.9. The lowest BCUT2D eigenvalue weighted by Gasteiger charge is -2.12. The Balaban J connectivity index is 1.76. The molecule has 0 unspecified atom stereocenters. The topological polar surface area (TPSA) is 111 Å². The summed E-state index contributed by atoms with van der Waals surface area (Å²) in [4.78, 5) is 36.2. The number of amides is 2. The van der Waals surface area contributed by atoms with Crippen molar-refractivity contribution in [1.82, 2.24) is 10.6 Å². The zero-order valence-electron chi connectivity index (χ0n) is 19.4. The molecule has 0 aliphatic heterocycles. The number of nitrogens with zero attached hydrogens (tertiary/aromatic N) is 1. The van der Waals surface area contributed by atoms with Crippen molar-refractivity contribution >= 4 is 23.6 Å². The number of ether oxygens (including phenoxy) is 1. The van der Waals surface area contributed by atoms with Gasteiger partial charge in [0.25, 0.3) is 17.5 Å². The van der Waals surface area contributed by atoms with E-state index >= 15 is 0 Å². The molecule has 0 bridgehead atoms. The Hall–Kier alpha value is -4.46. The molecule has 0 atom stereocenters. The van der Waals surface area contributed by atoms with Gasteiger partial charge < -0.3 is 15.4 Å². The number of nitrogens with one attached hydrogen (secondary N) is 2. The average Bonchev–Trinajstić information content (AvgIpc) is 2.88. The lowest BCUT2D eigenvalue weighted by atomic mass is 10.1. The maximum Gasteiger partial charge on any atom is 0.269 e. The summed E-state index contributed by atoms with van der Waals surface area (Å²) in [6.07, 6.45) is 3.44. The molecule has 0 radical (unpaired) electrons. The number of carbonyl (C=O) groups is 2. The quantitative estimate of drug-likeness (QED) is 0.179. The third-order valence-electron chi connectivity index (χ3n) is 5.09. The van der Waals surface area contributed by atoms with E-state index in [-0.39, 0.29) is 17.9 Å². The highest BCUT2D eigenvalue weighted by Gasteiger charge is 2.15. The van der Waals surface area contributed by atoms with Crippen LogP contribution < -0.4 is 15.4 Å². The second kappa shape index (κ2) is 12.7. The summed E-state index contributed by atoms with van der Waals surface area (Å²) >= 11 is 0. The predicted octanol–water partition coefficient (Wildman–Crippen LogP) is 4.86. The largest absolute Gasteiger partial charge is 0.494 e. The van der Waals surface area contributed by atoms with E-state index in [4.69, 9.17) is 4.74 Å². The van der Waals surface area contributed by atoms with Crippen molar-refractivity contribution in [2.45, 2.75) is 26.3 Å². The Bertz CT molecular complexity index is 1170. The Morgan fingerprint density at radius 2 is 1.66 bits per heavy atom. The van der Waals surface area contributed by atoms with Crippen molar-refractivity contribution in [3.63, 3.8) is 0 Å². The van der Waals surface area contributed by atoms with Crippen molar-refractivity contribution in [1.29, 1.82) is 0 Å². The summed E-state index contributed by atoms with van der Waals surface area (Å²) in [5, 5.41) is 16.4. The summed E-state index contributed by atoms with van der Waals surface area (Å²) in [5.41, 5.74) is 1.74. The van der Waals surface area contributed by atoms with Gasteiger partial charge in [0.05, 0.1) is 11.5 Å². The summed E-state index contributed by atoms with van der Waals surface area (Å²) in [7, 11) is 0. The van der Waals surface area contributed by atoms with Crippen molar-refractivity contribution in [3.05, 3.63) is 111 Å². The van der Waals surface area contributed by atoms with E-state index in [2.05, 4.69) is 17.6 Å². The minimum atomic E-state index is -0.502. The van der Waals surface area contributed by atoms with Crippen LogP contribution in [-0.2, 0) is 11.3 Å². The summed E-state index contributed by atoms with van der Waals surface area (Å²) < 4.78 is 5.62. The number of non-ortho nitro benzene ring substituents is 1. The van der Waals surface area contributed by atoms with Gasteiger partial charge in [-0.05, 0) is 60.0 Å². The number of hydrogen-bond acceptors (Lipinski definition) is 5. The molecule has 0 aliphatic rings. The SMILES string of the molecule is CCCCOc1ccc(C(=O)NC(=Cc2ccc([N+](=O)[O-])cc2)C(=O)NCc2ccccc2)cc1. The number of unbranched alkanes of at least 4 members (excludes halogenated alkanes) is 1. The first-order valence-corrected chi connectivity index (χ1v) is 11.3. The molecule has 8 nitrogen and oxygen atoms in total. The van der Waals surface area contributed by atoms with Crippen LogP contribution in [0.1, 0.15) is 41.3 Å². The Kier molecular flexibility index (Phi) is 9.13. The van der Waals surface area contributed by atoms with Crippen LogP contribution >= 0.6 is 0 Å². The molecule has 2 amide bonds. The van der Waals surface area contributed by atoms with Crippen LogP contribution in [0, 0.1) is 10.1 Å². The summed E-state index contributed by atoms with van der Waals surface area (Å²) in [6.45, 7) is 2.96.